The molecule has 47 heavy (non-hydrogen) atoms. The Labute approximate surface area is 290 Å². The first-order chi connectivity index (χ1) is 23.1. The second-order valence-electron chi connectivity index (χ2n) is 19.2. The van der Waals surface area contributed by atoms with Gasteiger partial charge in [-0.15, -0.1) is 0 Å². The van der Waals surface area contributed by atoms with Crippen molar-refractivity contribution in [3.8, 4) is 0 Å². The van der Waals surface area contributed by atoms with Gasteiger partial charge in [-0.1, -0.05) is 119 Å². The van der Waals surface area contributed by atoms with Crippen molar-refractivity contribution in [2.75, 3.05) is 0 Å². The Hall–Kier alpha value is -1.30. The summed E-state index contributed by atoms with van der Waals surface area (Å²) in [7, 11) is 0. The van der Waals surface area contributed by atoms with Crippen molar-refractivity contribution >= 4 is 0 Å². The third-order valence-electron chi connectivity index (χ3n) is 15.4. The summed E-state index contributed by atoms with van der Waals surface area (Å²) >= 11 is 0. The van der Waals surface area contributed by atoms with Gasteiger partial charge in [0.2, 0.25) is 0 Å². The average molecular weight is 635 g/mol. The molecule has 0 N–H and O–H groups in total. The first kappa shape index (κ1) is 32.9. The van der Waals surface area contributed by atoms with E-state index in [1.54, 1.807) is 83.5 Å². The lowest BCUT2D eigenvalue weighted by atomic mass is 9.65. The standard InChI is InChI=1S/C7H12.C7H10.C7H8.C7H12.C7H10.C6H10.C6H8/c3*1-2-7-4-3-6(1)5-7;2*1-2-6-4-7(3-1)5-6;2*1-2-6-3-5(1)4-6/h6-7H,1-5H2;1-2,6-7H,3-5H2;1-4,6-7H,5H2;6-7H,1-5H2;1-2,6-7H,3-5H2;5-6H,1-4H2;1-2,5-6H,3-4H2. The second-order valence-corrected chi connectivity index (χ2v) is 19.2. The van der Waals surface area contributed by atoms with Gasteiger partial charge in [-0.3, -0.25) is 0 Å². The molecular weight excluding hydrogens is 565 g/mol. The van der Waals surface area contributed by atoms with E-state index in [0.29, 0.717) is 0 Å². The number of fused-ring (bicyclic) bond motifs is 10. The maximum absolute atomic E-state index is 2.38. The molecule has 18 rings (SSSR count). The highest BCUT2D eigenvalue weighted by molar-refractivity contribution is 5.21. The van der Waals surface area contributed by atoms with Crippen molar-refractivity contribution in [3.63, 3.8) is 0 Å². The zero-order valence-electron chi connectivity index (χ0n) is 30.1. The van der Waals surface area contributed by atoms with Crippen molar-refractivity contribution in [2.24, 2.45) is 82.9 Å². The van der Waals surface area contributed by atoms with Crippen molar-refractivity contribution in [1.29, 1.82) is 0 Å². The van der Waals surface area contributed by atoms with Gasteiger partial charge in [0.1, 0.15) is 0 Å². The molecule has 0 heterocycles. The van der Waals surface area contributed by atoms with Gasteiger partial charge in [0.05, 0.1) is 0 Å². The zero-order chi connectivity index (χ0) is 31.4. The quantitative estimate of drug-likeness (QED) is 0.233. The van der Waals surface area contributed by atoms with Gasteiger partial charge in [0.15, 0.2) is 0 Å². The van der Waals surface area contributed by atoms with E-state index in [1.165, 1.54) is 99.7 Å². The number of rotatable bonds is 0. The lowest BCUT2D eigenvalue weighted by Crippen LogP contribution is -2.28. The highest BCUT2D eigenvalue weighted by Gasteiger charge is 2.36. The summed E-state index contributed by atoms with van der Waals surface area (Å²) in [5, 5.41) is 0. The van der Waals surface area contributed by atoms with Crippen molar-refractivity contribution in [1.82, 2.24) is 0 Å². The van der Waals surface area contributed by atoms with Crippen molar-refractivity contribution in [3.05, 3.63) is 60.8 Å². The van der Waals surface area contributed by atoms with Crippen LogP contribution < -0.4 is 0 Å². The van der Waals surface area contributed by atoms with Crippen LogP contribution in [0.4, 0.5) is 0 Å². The summed E-state index contributed by atoms with van der Waals surface area (Å²) < 4.78 is 0. The Kier molecular flexibility index (Phi) is 11.0. The summed E-state index contributed by atoms with van der Waals surface area (Å²) in [4.78, 5) is 0. The highest BCUT2D eigenvalue weighted by atomic mass is 14.4. The Bertz CT molecular complexity index is 1030. The van der Waals surface area contributed by atoms with Crippen LogP contribution in [0.2, 0.25) is 0 Å². The molecule has 0 aliphatic heterocycles. The Balaban J connectivity index is 0.0000000805. The van der Waals surface area contributed by atoms with Crippen LogP contribution in [0.3, 0.4) is 0 Å². The average Bonchev–Trinajstić information content (AvgIpc) is 3.92. The minimum atomic E-state index is 0.810. The molecule has 2 unspecified atom stereocenters. The SMILES string of the molecule is C1=CC2C=CC1C2.C1=CC2CC(C1)C2.C1=CC2CC1C2.C1=CC2CCC1C2.C1CC2CC(C1)C2.C1CC2CC1C2.C1CC2CCC1C2. The highest BCUT2D eigenvalue weighted by Crippen LogP contribution is 2.48. The Morgan fingerprint density at radius 1 is 0.255 bits per heavy atom. The first-order valence-electron chi connectivity index (χ1n) is 21.5. The Morgan fingerprint density at radius 3 is 0.787 bits per heavy atom. The normalized spacial score (nSPS) is 47.3. The summed E-state index contributed by atoms with van der Waals surface area (Å²) in [6.07, 6.45) is 58.4. The lowest BCUT2D eigenvalue weighted by molar-refractivity contribution is 0.116. The molecule has 18 aliphatic carbocycles. The van der Waals surface area contributed by atoms with E-state index in [4.69, 9.17) is 0 Å². The van der Waals surface area contributed by atoms with Crippen LogP contribution in [0.15, 0.2) is 60.8 Å². The van der Waals surface area contributed by atoms with E-state index in [9.17, 15) is 0 Å². The van der Waals surface area contributed by atoms with Crippen LogP contribution in [-0.4, -0.2) is 0 Å². The van der Waals surface area contributed by atoms with E-state index >= 15 is 0 Å². The number of hydrogen-bond acceptors (Lipinski definition) is 0. The van der Waals surface area contributed by atoms with Crippen molar-refractivity contribution < 1.29 is 0 Å². The van der Waals surface area contributed by atoms with Crippen molar-refractivity contribution in [2.45, 2.75) is 148 Å². The molecule has 2 atom stereocenters. The molecule has 0 aromatic heterocycles. The largest absolute Gasteiger partial charge is 0.0880 e. The van der Waals surface area contributed by atoms with Gasteiger partial charge in [-0.25, -0.2) is 0 Å². The van der Waals surface area contributed by atoms with E-state index in [0.717, 1.165) is 47.3 Å². The van der Waals surface area contributed by atoms with Crippen LogP contribution >= 0.6 is 0 Å². The third kappa shape index (κ3) is 9.09. The second kappa shape index (κ2) is 15.7. The van der Waals surface area contributed by atoms with Crippen LogP contribution in [0.5, 0.6) is 0 Å². The van der Waals surface area contributed by atoms with Crippen LogP contribution in [-0.2, 0) is 0 Å². The van der Waals surface area contributed by atoms with E-state index < -0.39 is 0 Å². The zero-order valence-corrected chi connectivity index (χ0v) is 30.1. The molecule has 0 heteroatoms. The Morgan fingerprint density at radius 2 is 0.660 bits per heavy atom. The maximum atomic E-state index is 2.38. The van der Waals surface area contributed by atoms with Crippen LogP contribution in [0.1, 0.15) is 148 Å². The summed E-state index contributed by atoms with van der Waals surface area (Å²) in [6, 6.07) is 0. The van der Waals surface area contributed by atoms with Gasteiger partial charge >= 0.3 is 0 Å². The molecule has 11 saturated carbocycles. The maximum Gasteiger partial charge on any atom is -0.00445 e. The fourth-order valence-electron chi connectivity index (χ4n) is 12.0. The number of allylic oxidation sites excluding steroid dienone is 10. The lowest BCUT2D eigenvalue weighted by Gasteiger charge is -2.40. The van der Waals surface area contributed by atoms with Gasteiger partial charge in [0.25, 0.3) is 0 Å². The van der Waals surface area contributed by atoms with E-state index in [2.05, 4.69) is 60.8 Å². The first-order valence-corrected chi connectivity index (χ1v) is 21.5. The summed E-state index contributed by atoms with van der Waals surface area (Å²) in [5.74, 6) is 14.8. The topological polar surface area (TPSA) is 0 Å². The minimum Gasteiger partial charge on any atom is -0.0880 e. The molecule has 258 valence electrons. The summed E-state index contributed by atoms with van der Waals surface area (Å²) in [5.41, 5.74) is 0. The third-order valence-corrected chi connectivity index (χ3v) is 15.4. The molecule has 18 aliphatic rings. The van der Waals surface area contributed by atoms with E-state index in [1.807, 2.05) is 0 Å². The van der Waals surface area contributed by atoms with Gasteiger partial charge in [0, 0.05) is 0 Å². The van der Waals surface area contributed by atoms with Crippen LogP contribution in [0, 0.1) is 82.9 Å². The molecule has 0 saturated heterocycles. The molecule has 11 fully saturated rings. The molecule has 0 aromatic carbocycles. The minimum absolute atomic E-state index is 0.810. The van der Waals surface area contributed by atoms with Gasteiger partial charge in [-0.2, -0.15) is 0 Å². The fraction of sp³-hybridized carbons (Fsp3) is 0.787. The molecule has 0 amide bonds. The molecule has 0 spiro atoms. The van der Waals surface area contributed by atoms with Gasteiger partial charge in [-0.05, 0) is 173 Å². The van der Waals surface area contributed by atoms with E-state index in [-0.39, 0.29) is 0 Å². The fourth-order valence-corrected chi connectivity index (χ4v) is 12.0. The molecule has 0 nitrogen and oxygen atoms in total. The van der Waals surface area contributed by atoms with Crippen LogP contribution in [0.25, 0.3) is 0 Å². The molecule has 0 radical (unpaired) electrons. The smallest absolute Gasteiger partial charge is 0.00445 e. The molecule has 14 bridgehead atoms. The monoisotopic (exact) mass is 635 g/mol. The summed E-state index contributed by atoms with van der Waals surface area (Å²) in [6.45, 7) is 0. The predicted molar refractivity (Wildman–Crippen MR) is 201 cm³/mol. The number of hydrogen-bond donors (Lipinski definition) is 0. The van der Waals surface area contributed by atoms with Gasteiger partial charge < -0.3 is 0 Å². The molecule has 0 aromatic rings. The molecular formula is C47H70. The predicted octanol–water partition coefficient (Wildman–Crippen LogP) is 13.5.